The smallest absolute Gasteiger partial charge is 0.347 e. The number of anilines is 1. The summed E-state index contributed by atoms with van der Waals surface area (Å²) in [4.78, 5) is 18.3. The molecule has 6 nitrogen and oxygen atoms in total. The van der Waals surface area contributed by atoms with Gasteiger partial charge < -0.3 is 19.2 Å². The van der Waals surface area contributed by atoms with Gasteiger partial charge >= 0.3 is 5.97 Å². The zero-order chi connectivity index (χ0) is 23.0. The molecule has 3 rings (SSSR count). The average molecular weight is 439 g/mol. The molecule has 1 heterocycles. The predicted molar refractivity (Wildman–Crippen MR) is 127 cm³/mol. The van der Waals surface area contributed by atoms with Crippen molar-refractivity contribution in [2.45, 2.75) is 64.9 Å². The lowest BCUT2D eigenvalue weighted by atomic mass is 10.1. The van der Waals surface area contributed by atoms with E-state index in [9.17, 15) is 9.90 Å². The SMILES string of the molecule is CCCCCCN(CCCc1cccc(OC(C)(C)C(=O)O)c1)c1nc2ccccc2o1. The van der Waals surface area contributed by atoms with Crippen molar-refractivity contribution < 1.29 is 19.1 Å². The monoisotopic (exact) mass is 438 g/mol. The van der Waals surface area contributed by atoms with E-state index in [0.29, 0.717) is 11.8 Å². The highest BCUT2D eigenvalue weighted by Gasteiger charge is 2.29. The van der Waals surface area contributed by atoms with Crippen molar-refractivity contribution in [2.75, 3.05) is 18.0 Å². The molecule has 0 bridgehead atoms. The first-order valence-corrected chi connectivity index (χ1v) is 11.5. The lowest BCUT2D eigenvalue weighted by molar-refractivity contribution is -0.152. The van der Waals surface area contributed by atoms with Crippen LogP contribution < -0.4 is 9.64 Å². The van der Waals surface area contributed by atoms with E-state index in [-0.39, 0.29) is 0 Å². The molecule has 2 aromatic carbocycles. The van der Waals surface area contributed by atoms with Gasteiger partial charge in [-0.05, 0) is 62.9 Å². The Balaban J connectivity index is 1.63. The van der Waals surface area contributed by atoms with Gasteiger partial charge in [0.25, 0.3) is 6.01 Å². The van der Waals surface area contributed by atoms with Crippen LogP contribution in [0.25, 0.3) is 11.1 Å². The van der Waals surface area contributed by atoms with Crippen LogP contribution >= 0.6 is 0 Å². The van der Waals surface area contributed by atoms with E-state index in [2.05, 4.69) is 11.8 Å². The van der Waals surface area contributed by atoms with Gasteiger partial charge in [-0.1, -0.05) is 50.5 Å². The number of ether oxygens (including phenoxy) is 1. The van der Waals surface area contributed by atoms with Crippen LogP contribution in [0.1, 0.15) is 58.4 Å². The van der Waals surface area contributed by atoms with Crippen LogP contribution in [0.4, 0.5) is 6.01 Å². The predicted octanol–water partition coefficient (Wildman–Crippen LogP) is 6.09. The number of hydrogen-bond donors (Lipinski definition) is 1. The van der Waals surface area contributed by atoms with Gasteiger partial charge in [0, 0.05) is 13.1 Å². The second-order valence-electron chi connectivity index (χ2n) is 8.68. The van der Waals surface area contributed by atoms with Gasteiger partial charge in [0.15, 0.2) is 11.2 Å². The minimum absolute atomic E-state index is 0.574. The Bertz CT molecular complexity index is 979. The van der Waals surface area contributed by atoms with E-state index in [4.69, 9.17) is 14.1 Å². The third-order valence-corrected chi connectivity index (χ3v) is 5.51. The third-order valence-electron chi connectivity index (χ3n) is 5.51. The van der Waals surface area contributed by atoms with Crippen LogP contribution in [-0.4, -0.2) is 34.8 Å². The molecule has 0 saturated carbocycles. The van der Waals surface area contributed by atoms with Crippen LogP contribution in [0.2, 0.25) is 0 Å². The lowest BCUT2D eigenvalue weighted by Crippen LogP contribution is -2.37. The molecule has 1 aromatic heterocycles. The summed E-state index contributed by atoms with van der Waals surface area (Å²) in [7, 11) is 0. The summed E-state index contributed by atoms with van der Waals surface area (Å²) in [6, 6.07) is 16.2. The molecule has 3 aromatic rings. The number of oxazole rings is 1. The number of aryl methyl sites for hydroxylation is 1. The van der Waals surface area contributed by atoms with E-state index in [1.165, 1.54) is 19.3 Å². The Hall–Kier alpha value is -3.02. The van der Waals surface area contributed by atoms with Crippen molar-refractivity contribution in [2.24, 2.45) is 0 Å². The number of carboxylic acid groups (broad SMARTS) is 1. The Labute approximate surface area is 190 Å². The second-order valence-corrected chi connectivity index (χ2v) is 8.68. The largest absolute Gasteiger partial charge is 0.478 e. The van der Waals surface area contributed by atoms with E-state index >= 15 is 0 Å². The van der Waals surface area contributed by atoms with Crippen molar-refractivity contribution in [3.63, 3.8) is 0 Å². The number of unbranched alkanes of at least 4 members (excludes halogenated alkanes) is 3. The third kappa shape index (κ3) is 6.49. The number of para-hydroxylation sites is 2. The fourth-order valence-electron chi connectivity index (χ4n) is 3.60. The van der Waals surface area contributed by atoms with E-state index in [0.717, 1.165) is 49.0 Å². The molecule has 0 fully saturated rings. The van der Waals surface area contributed by atoms with Gasteiger partial charge in [0.05, 0.1) is 0 Å². The molecule has 0 spiro atoms. The van der Waals surface area contributed by atoms with E-state index < -0.39 is 11.6 Å². The highest BCUT2D eigenvalue weighted by Crippen LogP contribution is 2.24. The standard InChI is InChI=1S/C26H34N2O4/c1-4-5-6-9-17-28(25-27-22-15-7-8-16-23(22)31-25)18-11-13-20-12-10-14-21(19-20)32-26(2,3)24(29)30/h7-8,10,12,14-16,19H,4-6,9,11,13,17-18H2,1-3H3,(H,29,30). The van der Waals surface area contributed by atoms with Gasteiger partial charge in [0.1, 0.15) is 11.3 Å². The summed E-state index contributed by atoms with van der Waals surface area (Å²) in [6.45, 7) is 7.08. The van der Waals surface area contributed by atoms with Crippen LogP contribution in [0.15, 0.2) is 52.9 Å². The molecule has 0 aliphatic carbocycles. The Morgan fingerprint density at radius 2 is 1.84 bits per heavy atom. The van der Waals surface area contributed by atoms with Crippen LogP contribution in [0, 0.1) is 0 Å². The normalized spacial score (nSPS) is 11.6. The fraction of sp³-hybridized carbons (Fsp3) is 0.462. The summed E-state index contributed by atoms with van der Waals surface area (Å²) >= 11 is 0. The van der Waals surface area contributed by atoms with Gasteiger partial charge in [-0.15, -0.1) is 0 Å². The lowest BCUT2D eigenvalue weighted by Gasteiger charge is -2.22. The summed E-state index contributed by atoms with van der Waals surface area (Å²) in [5.74, 6) is -0.412. The highest BCUT2D eigenvalue weighted by molar-refractivity contribution is 5.76. The molecule has 0 amide bonds. The fourth-order valence-corrected chi connectivity index (χ4v) is 3.60. The van der Waals surface area contributed by atoms with Crippen LogP contribution in [0.3, 0.4) is 0 Å². The summed E-state index contributed by atoms with van der Waals surface area (Å²) in [5, 5.41) is 9.29. The maximum absolute atomic E-state index is 11.3. The zero-order valence-corrected chi connectivity index (χ0v) is 19.3. The maximum atomic E-state index is 11.3. The van der Waals surface area contributed by atoms with E-state index in [1.807, 2.05) is 42.5 Å². The quantitative estimate of drug-likeness (QED) is 0.326. The first-order chi connectivity index (χ1) is 15.4. The number of aromatic nitrogens is 1. The van der Waals surface area contributed by atoms with Crippen LogP contribution in [-0.2, 0) is 11.2 Å². The Kier molecular flexibility index (Phi) is 8.14. The number of nitrogens with zero attached hydrogens (tertiary/aromatic N) is 2. The number of aliphatic carboxylic acids is 1. The second kappa shape index (κ2) is 11.0. The Morgan fingerprint density at radius 1 is 1.06 bits per heavy atom. The highest BCUT2D eigenvalue weighted by atomic mass is 16.5. The molecular formula is C26H34N2O4. The Morgan fingerprint density at radius 3 is 2.59 bits per heavy atom. The van der Waals surface area contributed by atoms with Gasteiger partial charge in [-0.25, -0.2) is 4.79 Å². The summed E-state index contributed by atoms with van der Waals surface area (Å²) in [5.41, 5.74) is 1.55. The molecule has 0 aliphatic rings. The molecule has 0 atom stereocenters. The first kappa shape index (κ1) is 23.6. The molecule has 0 radical (unpaired) electrons. The molecule has 1 N–H and O–H groups in total. The van der Waals surface area contributed by atoms with Crippen molar-refractivity contribution in [1.29, 1.82) is 0 Å². The molecule has 0 unspecified atom stereocenters. The van der Waals surface area contributed by atoms with Crippen molar-refractivity contribution in [3.05, 3.63) is 54.1 Å². The topological polar surface area (TPSA) is 75.8 Å². The summed E-state index contributed by atoms with van der Waals surface area (Å²) < 4.78 is 11.7. The van der Waals surface area contributed by atoms with E-state index in [1.54, 1.807) is 19.9 Å². The molecule has 6 heteroatoms. The number of hydrogen-bond acceptors (Lipinski definition) is 5. The molecule has 32 heavy (non-hydrogen) atoms. The van der Waals surface area contributed by atoms with Gasteiger partial charge in [-0.2, -0.15) is 4.98 Å². The van der Waals surface area contributed by atoms with Crippen molar-refractivity contribution in [1.82, 2.24) is 4.98 Å². The van der Waals surface area contributed by atoms with Crippen LogP contribution in [0.5, 0.6) is 5.75 Å². The zero-order valence-electron chi connectivity index (χ0n) is 19.3. The number of benzene rings is 2. The molecular weight excluding hydrogens is 404 g/mol. The number of carbonyl (C=O) groups is 1. The number of carboxylic acids is 1. The minimum Gasteiger partial charge on any atom is -0.478 e. The number of rotatable bonds is 13. The first-order valence-electron chi connectivity index (χ1n) is 11.5. The molecule has 172 valence electrons. The summed E-state index contributed by atoms with van der Waals surface area (Å²) in [6.07, 6.45) is 6.54. The number of fused-ring (bicyclic) bond motifs is 1. The molecule has 0 aliphatic heterocycles. The van der Waals surface area contributed by atoms with Gasteiger partial charge in [-0.3, -0.25) is 0 Å². The van der Waals surface area contributed by atoms with Crippen molar-refractivity contribution >= 4 is 23.1 Å². The maximum Gasteiger partial charge on any atom is 0.347 e. The minimum atomic E-state index is -1.26. The van der Waals surface area contributed by atoms with Gasteiger partial charge in [0.2, 0.25) is 0 Å². The average Bonchev–Trinajstić information content (AvgIpc) is 3.19. The molecule has 0 saturated heterocycles. The van der Waals surface area contributed by atoms with Crippen molar-refractivity contribution in [3.8, 4) is 5.75 Å².